The summed E-state index contributed by atoms with van der Waals surface area (Å²) >= 11 is 0. The van der Waals surface area contributed by atoms with Gasteiger partial charge in [-0.05, 0) is 31.7 Å². The molecule has 1 aliphatic heterocycles. The van der Waals surface area contributed by atoms with Gasteiger partial charge in [-0.1, -0.05) is 34.6 Å². The highest BCUT2D eigenvalue weighted by Crippen LogP contribution is 2.09. The van der Waals surface area contributed by atoms with E-state index in [0.717, 1.165) is 45.2 Å². The topological polar surface area (TPSA) is 21.7 Å². The lowest BCUT2D eigenvalue weighted by Gasteiger charge is -2.32. The fourth-order valence-electron chi connectivity index (χ4n) is 2.17. The summed E-state index contributed by atoms with van der Waals surface area (Å²) in [6.07, 6.45) is 4.01. The molecule has 1 saturated heterocycles. The average molecular weight is 273 g/mol. The highest BCUT2D eigenvalue weighted by molar-refractivity contribution is 4.71. The van der Waals surface area contributed by atoms with Crippen LogP contribution in [0.5, 0.6) is 0 Å². The van der Waals surface area contributed by atoms with Gasteiger partial charge in [-0.15, -0.1) is 0 Å². The Hall–Kier alpha value is -0.120. The molecule has 0 aromatic rings. The second kappa shape index (κ2) is 12.9. The molecule has 0 aromatic carbocycles. The van der Waals surface area contributed by atoms with Crippen LogP contribution in [0.15, 0.2) is 0 Å². The van der Waals surface area contributed by atoms with Gasteiger partial charge in [0.05, 0.1) is 19.3 Å². The van der Waals surface area contributed by atoms with E-state index in [1.807, 2.05) is 13.8 Å². The number of hydrogen-bond acceptors (Lipinski definition) is 3. The molecule has 1 fully saturated rings. The third kappa shape index (κ3) is 10.3. The average Bonchev–Trinajstić information content (AvgIpc) is 2.41. The molecule has 1 atom stereocenters. The standard InChI is InChI=1S/C14H29NO2.C2H6/c1-4-9-16-12-14-11-15(8-10-17-14)7-5-6-13(2)3;1-2/h13-14H,4-12H2,1-3H3;1-2H3. The van der Waals surface area contributed by atoms with E-state index in [0.29, 0.717) is 0 Å². The van der Waals surface area contributed by atoms with Crippen molar-refractivity contribution in [2.24, 2.45) is 5.92 Å². The van der Waals surface area contributed by atoms with Crippen molar-refractivity contribution in [2.75, 3.05) is 39.5 Å². The second-order valence-corrected chi connectivity index (χ2v) is 5.40. The molecule has 0 aromatic heterocycles. The van der Waals surface area contributed by atoms with Gasteiger partial charge < -0.3 is 9.47 Å². The fourth-order valence-corrected chi connectivity index (χ4v) is 2.17. The highest BCUT2D eigenvalue weighted by Gasteiger charge is 2.19. The van der Waals surface area contributed by atoms with Gasteiger partial charge in [-0.2, -0.15) is 0 Å². The van der Waals surface area contributed by atoms with E-state index in [1.165, 1.54) is 19.4 Å². The van der Waals surface area contributed by atoms with Crippen molar-refractivity contribution >= 4 is 0 Å². The number of ether oxygens (including phenoxy) is 2. The largest absolute Gasteiger partial charge is 0.379 e. The third-order valence-electron chi connectivity index (χ3n) is 3.13. The molecule has 3 heteroatoms. The zero-order valence-electron chi connectivity index (χ0n) is 13.8. The summed E-state index contributed by atoms with van der Waals surface area (Å²) in [6, 6.07) is 0. The van der Waals surface area contributed by atoms with E-state index < -0.39 is 0 Å². The van der Waals surface area contributed by atoms with Crippen molar-refractivity contribution in [2.45, 2.75) is 60.0 Å². The van der Waals surface area contributed by atoms with E-state index in [2.05, 4.69) is 25.7 Å². The maximum absolute atomic E-state index is 5.72. The van der Waals surface area contributed by atoms with Crippen molar-refractivity contribution in [3.63, 3.8) is 0 Å². The Balaban J connectivity index is 0.00000154. The van der Waals surface area contributed by atoms with Crippen LogP contribution in [0.2, 0.25) is 0 Å². The Kier molecular flexibility index (Phi) is 12.8. The van der Waals surface area contributed by atoms with Gasteiger partial charge in [0.25, 0.3) is 0 Å². The second-order valence-electron chi connectivity index (χ2n) is 5.40. The molecule has 19 heavy (non-hydrogen) atoms. The smallest absolute Gasteiger partial charge is 0.0935 e. The van der Waals surface area contributed by atoms with Crippen LogP contribution < -0.4 is 0 Å². The maximum Gasteiger partial charge on any atom is 0.0935 e. The van der Waals surface area contributed by atoms with E-state index in [-0.39, 0.29) is 6.10 Å². The summed E-state index contributed by atoms with van der Waals surface area (Å²) in [5.41, 5.74) is 0. The van der Waals surface area contributed by atoms with Gasteiger partial charge in [0.1, 0.15) is 0 Å². The SMILES string of the molecule is CC.CCCOCC1CN(CCCC(C)C)CCO1. The van der Waals surface area contributed by atoms with Gasteiger partial charge in [-0.3, -0.25) is 4.90 Å². The summed E-state index contributed by atoms with van der Waals surface area (Å²) < 4.78 is 11.3. The van der Waals surface area contributed by atoms with Gasteiger partial charge in [-0.25, -0.2) is 0 Å². The molecule has 1 rings (SSSR count). The van der Waals surface area contributed by atoms with Crippen LogP contribution in [0.4, 0.5) is 0 Å². The highest BCUT2D eigenvalue weighted by atomic mass is 16.5. The molecule has 3 nitrogen and oxygen atoms in total. The Bertz CT molecular complexity index is 186. The summed E-state index contributed by atoms with van der Waals surface area (Å²) in [4.78, 5) is 2.52. The minimum Gasteiger partial charge on any atom is -0.379 e. The third-order valence-corrected chi connectivity index (χ3v) is 3.13. The molecular formula is C16H35NO2. The predicted molar refractivity (Wildman–Crippen MR) is 82.7 cm³/mol. The van der Waals surface area contributed by atoms with E-state index in [4.69, 9.17) is 9.47 Å². The zero-order valence-corrected chi connectivity index (χ0v) is 13.8. The molecule has 0 spiro atoms. The Labute approximate surface area is 120 Å². The first kappa shape index (κ1) is 18.9. The lowest BCUT2D eigenvalue weighted by atomic mass is 10.1. The van der Waals surface area contributed by atoms with E-state index in [9.17, 15) is 0 Å². The summed E-state index contributed by atoms with van der Waals surface area (Å²) in [7, 11) is 0. The van der Waals surface area contributed by atoms with Gasteiger partial charge in [0.2, 0.25) is 0 Å². The quantitative estimate of drug-likeness (QED) is 0.631. The van der Waals surface area contributed by atoms with Crippen LogP contribution in [0.1, 0.15) is 53.9 Å². The van der Waals surface area contributed by atoms with Crippen LogP contribution in [-0.2, 0) is 9.47 Å². The summed E-state index contributed by atoms with van der Waals surface area (Å²) in [5.74, 6) is 0.819. The monoisotopic (exact) mass is 273 g/mol. The molecular weight excluding hydrogens is 238 g/mol. The minimum absolute atomic E-state index is 0.286. The van der Waals surface area contributed by atoms with E-state index >= 15 is 0 Å². The van der Waals surface area contributed by atoms with Gasteiger partial charge in [0, 0.05) is 19.7 Å². The number of rotatable bonds is 8. The molecule has 0 saturated carbocycles. The van der Waals surface area contributed by atoms with Gasteiger partial charge in [0.15, 0.2) is 0 Å². The Morgan fingerprint density at radius 3 is 2.68 bits per heavy atom. The van der Waals surface area contributed by atoms with Crippen molar-refractivity contribution in [1.29, 1.82) is 0 Å². The molecule has 0 bridgehead atoms. The van der Waals surface area contributed by atoms with Gasteiger partial charge >= 0.3 is 0 Å². The summed E-state index contributed by atoms with van der Waals surface area (Å²) in [5, 5.41) is 0. The Morgan fingerprint density at radius 1 is 1.32 bits per heavy atom. The van der Waals surface area contributed by atoms with Crippen molar-refractivity contribution in [1.82, 2.24) is 4.90 Å². The van der Waals surface area contributed by atoms with Crippen molar-refractivity contribution in [3.05, 3.63) is 0 Å². The first-order chi connectivity index (χ1) is 9.22. The van der Waals surface area contributed by atoms with E-state index in [1.54, 1.807) is 0 Å². The zero-order chi connectivity index (χ0) is 14.5. The van der Waals surface area contributed by atoms with Crippen LogP contribution in [0.3, 0.4) is 0 Å². The predicted octanol–water partition coefficient (Wildman–Crippen LogP) is 3.58. The first-order valence-electron chi connectivity index (χ1n) is 8.14. The fraction of sp³-hybridized carbons (Fsp3) is 1.00. The lowest BCUT2D eigenvalue weighted by molar-refractivity contribution is -0.0692. The van der Waals surface area contributed by atoms with Crippen molar-refractivity contribution < 1.29 is 9.47 Å². The summed E-state index contributed by atoms with van der Waals surface area (Å²) in [6.45, 7) is 16.5. The lowest BCUT2D eigenvalue weighted by Crippen LogP contribution is -2.44. The van der Waals surface area contributed by atoms with Crippen LogP contribution in [0.25, 0.3) is 0 Å². The molecule has 0 amide bonds. The molecule has 0 N–H and O–H groups in total. The molecule has 1 heterocycles. The maximum atomic E-state index is 5.72. The van der Waals surface area contributed by atoms with Crippen LogP contribution in [-0.4, -0.2) is 50.5 Å². The molecule has 1 unspecified atom stereocenters. The van der Waals surface area contributed by atoms with Crippen LogP contribution >= 0.6 is 0 Å². The number of morpholine rings is 1. The van der Waals surface area contributed by atoms with Crippen LogP contribution in [0, 0.1) is 5.92 Å². The first-order valence-corrected chi connectivity index (χ1v) is 8.14. The number of hydrogen-bond donors (Lipinski definition) is 0. The molecule has 0 radical (unpaired) electrons. The molecule has 1 aliphatic rings. The Morgan fingerprint density at radius 2 is 2.05 bits per heavy atom. The normalized spacial score (nSPS) is 20.2. The molecule has 116 valence electrons. The minimum atomic E-state index is 0.286. The molecule has 0 aliphatic carbocycles. The van der Waals surface area contributed by atoms with Crippen molar-refractivity contribution in [3.8, 4) is 0 Å². The number of nitrogens with zero attached hydrogens (tertiary/aromatic N) is 1.